The van der Waals surface area contributed by atoms with Crippen molar-refractivity contribution in [2.24, 2.45) is 5.92 Å². The topological polar surface area (TPSA) is 82.1 Å². The second kappa shape index (κ2) is 10.5. The molecule has 1 heterocycles. The molecular formula is C19H31NO6. The van der Waals surface area contributed by atoms with Gasteiger partial charge in [-0.15, -0.1) is 0 Å². The number of methoxy groups -OCH3 is 1. The fourth-order valence-electron chi connectivity index (χ4n) is 3.84. The Labute approximate surface area is 155 Å². The fraction of sp³-hybridized carbons (Fsp3) is 0.842. The number of carbonyl (C=O) groups is 3. The summed E-state index contributed by atoms with van der Waals surface area (Å²) in [5, 5.41) is 0. The van der Waals surface area contributed by atoms with Crippen LogP contribution in [0.1, 0.15) is 58.3 Å². The summed E-state index contributed by atoms with van der Waals surface area (Å²) in [5.41, 5.74) is 0. The molecule has 1 aliphatic heterocycles. The summed E-state index contributed by atoms with van der Waals surface area (Å²) in [6.45, 7) is 2.83. The van der Waals surface area contributed by atoms with Crippen LogP contribution in [0.4, 0.5) is 4.79 Å². The Balaban J connectivity index is 1.93. The van der Waals surface area contributed by atoms with Crippen LogP contribution in [-0.4, -0.2) is 61.8 Å². The molecule has 2 aliphatic rings. The van der Waals surface area contributed by atoms with E-state index in [0.717, 1.165) is 12.8 Å². The third kappa shape index (κ3) is 5.97. The van der Waals surface area contributed by atoms with Crippen LogP contribution in [0.15, 0.2) is 0 Å². The molecule has 1 saturated carbocycles. The molecule has 1 aliphatic carbocycles. The van der Waals surface area contributed by atoms with Gasteiger partial charge >= 0.3 is 12.1 Å². The number of amides is 1. The van der Waals surface area contributed by atoms with E-state index >= 15 is 0 Å². The normalized spacial score (nSPS) is 24.2. The molecule has 7 nitrogen and oxygen atoms in total. The maximum Gasteiger partial charge on any atom is 0.409 e. The Morgan fingerprint density at radius 3 is 2.46 bits per heavy atom. The molecule has 2 fully saturated rings. The molecule has 0 aromatic heterocycles. The first-order chi connectivity index (χ1) is 12.5. The van der Waals surface area contributed by atoms with Crippen LogP contribution >= 0.6 is 0 Å². The number of likely N-dealkylation sites (tertiary alicyclic amines) is 1. The molecule has 1 amide bonds. The first-order valence-electron chi connectivity index (χ1n) is 9.69. The standard InChI is InChI=1S/C19H31NO6/c1-3-25-18(22)12-17(21)14-9-10-20(19(23)24-2)15(11-14)13-26-16-7-5-4-6-8-16/h14-16H,3-13H2,1-2H3/t14-,15+/m1/s1. The minimum Gasteiger partial charge on any atom is -0.466 e. The molecule has 0 spiro atoms. The summed E-state index contributed by atoms with van der Waals surface area (Å²) in [4.78, 5) is 37.7. The van der Waals surface area contributed by atoms with Crippen molar-refractivity contribution in [1.82, 2.24) is 4.90 Å². The Morgan fingerprint density at radius 2 is 1.81 bits per heavy atom. The van der Waals surface area contributed by atoms with Crippen molar-refractivity contribution < 1.29 is 28.6 Å². The molecule has 0 bridgehead atoms. The van der Waals surface area contributed by atoms with Gasteiger partial charge < -0.3 is 19.1 Å². The second-order valence-electron chi connectivity index (χ2n) is 7.08. The summed E-state index contributed by atoms with van der Waals surface area (Å²) < 4.78 is 15.8. The van der Waals surface area contributed by atoms with E-state index in [1.54, 1.807) is 11.8 Å². The first-order valence-corrected chi connectivity index (χ1v) is 9.69. The lowest BCUT2D eigenvalue weighted by molar-refractivity contribution is -0.146. The molecule has 0 unspecified atom stereocenters. The molecule has 2 rings (SSSR count). The zero-order chi connectivity index (χ0) is 18.9. The van der Waals surface area contributed by atoms with Crippen LogP contribution in [0, 0.1) is 5.92 Å². The number of esters is 1. The van der Waals surface area contributed by atoms with Crippen LogP contribution < -0.4 is 0 Å². The number of ketones is 1. The lowest BCUT2D eigenvalue weighted by Gasteiger charge is -2.38. The van der Waals surface area contributed by atoms with Crippen LogP contribution in [0.3, 0.4) is 0 Å². The SMILES string of the molecule is CCOC(=O)CC(=O)[C@@H]1CCN(C(=O)OC)[C@H](COC2CCCCC2)C1. The molecule has 0 N–H and O–H groups in total. The van der Waals surface area contributed by atoms with E-state index in [1.165, 1.54) is 26.4 Å². The monoisotopic (exact) mass is 369 g/mol. The maximum absolute atomic E-state index is 12.4. The van der Waals surface area contributed by atoms with Gasteiger partial charge in [0, 0.05) is 12.5 Å². The summed E-state index contributed by atoms with van der Waals surface area (Å²) in [6.07, 6.45) is 6.39. The lowest BCUT2D eigenvalue weighted by atomic mass is 9.86. The highest BCUT2D eigenvalue weighted by molar-refractivity contribution is 5.96. The largest absolute Gasteiger partial charge is 0.466 e. The zero-order valence-corrected chi connectivity index (χ0v) is 15.9. The Morgan fingerprint density at radius 1 is 1.08 bits per heavy atom. The van der Waals surface area contributed by atoms with Gasteiger partial charge in [0.25, 0.3) is 0 Å². The van der Waals surface area contributed by atoms with E-state index in [-0.39, 0.29) is 36.9 Å². The van der Waals surface area contributed by atoms with E-state index in [4.69, 9.17) is 14.2 Å². The number of rotatable bonds is 7. The highest BCUT2D eigenvalue weighted by atomic mass is 16.5. The highest BCUT2D eigenvalue weighted by Crippen LogP contribution is 2.27. The lowest BCUT2D eigenvalue weighted by Crippen LogP contribution is -2.50. The number of hydrogen-bond donors (Lipinski definition) is 0. The predicted octanol–water partition coefficient (Wildman–Crippen LogP) is 2.71. The van der Waals surface area contributed by atoms with Crippen molar-refractivity contribution in [3.8, 4) is 0 Å². The van der Waals surface area contributed by atoms with Crippen LogP contribution in [0.25, 0.3) is 0 Å². The van der Waals surface area contributed by atoms with Gasteiger partial charge in [-0.25, -0.2) is 4.79 Å². The van der Waals surface area contributed by atoms with Gasteiger partial charge in [-0.1, -0.05) is 19.3 Å². The van der Waals surface area contributed by atoms with Gasteiger partial charge in [-0.3, -0.25) is 9.59 Å². The summed E-state index contributed by atoms with van der Waals surface area (Å²) in [6, 6.07) is -0.200. The average Bonchev–Trinajstić information content (AvgIpc) is 2.66. The minimum absolute atomic E-state index is 0.115. The highest BCUT2D eigenvalue weighted by Gasteiger charge is 2.36. The molecular weight excluding hydrogens is 338 g/mol. The fourth-order valence-corrected chi connectivity index (χ4v) is 3.84. The summed E-state index contributed by atoms with van der Waals surface area (Å²) in [7, 11) is 1.36. The minimum atomic E-state index is -0.483. The molecule has 1 saturated heterocycles. The smallest absolute Gasteiger partial charge is 0.409 e. The molecule has 0 aromatic rings. The number of ether oxygens (including phenoxy) is 3. The van der Waals surface area contributed by atoms with E-state index in [9.17, 15) is 14.4 Å². The molecule has 2 atom stereocenters. The second-order valence-corrected chi connectivity index (χ2v) is 7.08. The number of piperidine rings is 1. The van der Waals surface area contributed by atoms with Gasteiger partial charge in [-0.2, -0.15) is 0 Å². The summed E-state index contributed by atoms with van der Waals surface area (Å²) >= 11 is 0. The van der Waals surface area contributed by atoms with E-state index in [1.807, 2.05) is 0 Å². The van der Waals surface area contributed by atoms with Crippen molar-refractivity contribution in [2.75, 3.05) is 26.9 Å². The molecule has 26 heavy (non-hydrogen) atoms. The average molecular weight is 369 g/mol. The Kier molecular flexibility index (Phi) is 8.35. The van der Waals surface area contributed by atoms with Gasteiger partial charge in [0.15, 0.2) is 0 Å². The first kappa shape index (κ1) is 20.7. The van der Waals surface area contributed by atoms with Gasteiger partial charge in [-0.05, 0) is 32.6 Å². The van der Waals surface area contributed by atoms with E-state index in [0.29, 0.717) is 26.0 Å². The molecule has 148 valence electrons. The molecule has 0 aromatic carbocycles. The quantitative estimate of drug-likeness (QED) is 0.507. The van der Waals surface area contributed by atoms with Crippen molar-refractivity contribution in [3.63, 3.8) is 0 Å². The van der Waals surface area contributed by atoms with Crippen LogP contribution in [0.2, 0.25) is 0 Å². The van der Waals surface area contributed by atoms with Crippen LogP contribution in [0.5, 0.6) is 0 Å². The summed E-state index contributed by atoms with van der Waals surface area (Å²) in [5.74, 6) is -0.848. The third-order valence-corrected chi connectivity index (χ3v) is 5.28. The number of nitrogens with zero attached hydrogens (tertiary/aromatic N) is 1. The van der Waals surface area contributed by atoms with E-state index < -0.39 is 12.1 Å². The Bertz CT molecular complexity index is 488. The molecule has 7 heteroatoms. The van der Waals surface area contributed by atoms with Gasteiger partial charge in [0.1, 0.15) is 12.2 Å². The number of carbonyl (C=O) groups excluding carboxylic acids is 3. The zero-order valence-electron chi connectivity index (χ0n) is 15.9. The van der Waals surface area contributed by atoms with Crippen molar-refractivity contribution in [3.05, 3.63) is 0 Å². The van der Waals surface area contributed by atoms with Crippen molar-refractivity contribution in [1.29, 1.82) is 0 Å². The van der Waals surface area contributed by atoms with Crippen molar-refractivity contribution in [2.45, 2.75) is 70.4 Å². The Hall–Kier alpha value is -1.63. The number of Topliss-reactive ketones (excluding diaryl/α,β-unsaturated/α-hetero) is 1. The maximum atomic E-state index is 12.4. The van der Waals surface area contributed by atoms with Gasteiger partial charge in [0.2, 0.25) is 0 Å². The third-order valence-electron chi connectivity index (χ3n) is 5.28. The number of hydrogen-bond acceptors (Lipinski definition) is 6. The molecule has 0 radical (unpaired) electrons. The predicted molar refractivity (Wildman–Crippen MR) is 94.7 cm³/mol. The van der Waals surface area contributed by atoms with Crippen LogP contribution in [-0.2, 0) is 23.8 Å². The van der Waals surface area contributed by atoms with E-state index in [2.05, 4.69) is 0 Å². The van der Waals surface area contributed by atoms with Gasteiger partial charge in [0.05, 0.1) is 32.5 Å². The van der Waals surface area contributed by atoms with Crippen molar-refractivity contribution >= 4 is 17.8 Å².